The van der Waals surface area contributed by atoms with Crippen molar-refractivity contribution in [2.24, 2.45) is 5.92 Å². The van der Waals surface area contributed by atoms with E-state index in [9.17, 15) is 9.90 Å². The van der Waals surface area contributed by atoms with Crippen LogP contribution < -0.4 is 5.32 Å². The Morgan fingerprint density at radius 1 is 1.00 bits per heavy atom. The summed E-state index contributed by atoms with van der Waals surface area (Å²) in [4.78, 5) is 20.4. The third-order valence-corrected chi connectivity index (χ3v) is 7.48. The number of rotatable bonds is 8. The predicted molar refractivity (Wildman–Crippen MR) is 144 cm³/mol. The van der Waals surface area contributed by atoms with E-state index in [1.165, 1.54) is 11.8 Å². The molecule has 0 aliphatic carbocycles. The van der Waals surface area contributed by atoms with Crippen molar-refractivity contribution >= 4 is 52.5 Å². The van der Waals surface area contributed by atoms with Crippen LogP contribution in [-0.2, 0) is 27.4 Å². The molecule has 1 saturated heterocycles. The van der Waals surface area contributed by atoms with Gasteiger partial charge < -0.3 is 19.9 Å². The van der Waals surface area contributed by atoms with Gasteiger partial charge in [0.15, 0.2) is 11.4 Å². The Labute approximate surface area is 234 Å². The smallest absolute Gasteiger partial charge is 0.272 e. The van der Waals surface area contributed by atoms with E-state index < -0.39 is 16.0 Å². The number of amides is 1. The van der Waals surface area contributed by atoms with Crippen LogP contribution in [0.3, 0.4) is 0 Å². The molecule has 1 fully saturated rings. The minimum absolute atomic E-state index is 0.0160. The Morgan fingerprint density at radius 3 is 2.24 bits per heavy atom. The van der Waals surface area contributed by atoms with E-state index >= 15 is 0 Å². The average molecular weight is 583 g/mol. The van der Waals surface area contributed by atoms with E-state index in [1.807, 2.05) is 48.5 Å². The first-order chi connectivity index (χ1) is 17.7. The summed E-state index contributed by atoms with van der Waals surface area (Å²) < 4.78 is 10.9. The van der Waals surface area contributed by atoms with Crippen molar-refractivity contribution < 1.29 is 19.4 Å². The summed E-state index contributed by atoms with van der Waals surface area (Å²) in [6, 6.07) is 17.1. The Bertz CT molecular complexity index is 1160. The van der Waals surface area contributed by atoms with Crippen LogP contribution in [0.25, 0.3) is 0 Å². The molecule has 1 aromatic heterocycles. The van der Waals surface area contributed by atoms with Crippen LogP contribution in [0.2, 0.25) is 0 Å². The molecule has 2 N–H and O–H groups in total. The van der Waals surface area contributed by atoms with Gasteiger partial charge in [0.2, 0.25) is 0 Å². The lowest BCUT2D eigenvalue weighted by Gasteiger charge is -2.41. The van der Waals surface area contributed by atoms with Crippen LogP contribution in [-0.4, -0.2) is 36.6 Å². The van der Waals surface area contributed by atoms with Crippen LogP contribution in [0, 0.1) is 5.92 Å². The summed E-state index contributed by atoms with van der Waals surface area (Å²) in [5.41, 5.74) is 3.52. The maximum absolute atomic E-state index is 11.8. The van der Waals surface area contributed by atoms with Gasteiger partial charge in [-0.3, -0.25) is 4.79 Å². The van der Waals surface area contributed by atoms with Crippen LogP contribution in [0.5, 0.6) is 0 Å². The van der Waals surface area contributed by atoms with Gasteiger partial charge in [0.05, 0.1) is 18.8 Å². The van der Waals surface area contributed by atoms with Crippen molar-refractivity contribution in [2.75, 3.05) is 5.75 Å². The summed E-state index contributed by atoms with van der Waals surface area (Å²) in [6.45, 7) is 2.30. The zero-order valence-corrected chi connectivity index (χ0v) is 23.0. The first-order valence-corrected chi connectivity index (χ1v) is 13.7. The molecule has 0 radical (unpaired) electrons. The number of aliphatic hydroxyl groups is 1. The van der Waals surface area contributed by atoms with E-state index in [0.29, 0.717) is 10.9 Å². The monoisotopic (exact) mass is 581 g/mol. The summed E-state index contributed by atoms with van der Waals surface area (Å²) in [7, 11) is 0. The number of aliphatic hydroxyl groups excluding tert-OH is 1. The lowest BCUT2D eigenvalue weighted by molar-refractivity contribution is -0.268. The van der Waals surface area contributed by atoms with Crippen LogP contribution in [0.1, 0.15) is 41.6 Å². The van der Waals surface area contributed by atoms with Crippen molar-refractivity contribution in [1.29, 1.82) is 0 Å². The van der Waals surface area contributed by atoms with Crippen molar-refractivity contribution in [3.8, 4) is 0 Å². The zero-order chi connectivity index (χ0) is 26.4. The molecule has 2 aromatic carbocycles. The first kappa shape index (κ1) is 28.1. The van der Waals surface area contributed by atoms with Gasteiger partial charge in [-0.25, -0.2) is 9.97 Å². The fourth-order valence-corrected chi connectivity index (χ4v) is 5.07. The lowest BCUT2D eigenvalue weighted by Crippen LogP contribution is -2.38. The fourth-order valence-electron chi connectivity index (χ4n) is 3.90. The molecule has 4 rings (SSSR count). The Morgan fingerprint density at radius 2 is 1.62 bits per heavy atom. The number of ether oxygens (including phenoxy) is 2. The van der Waals surface area contributed by atoms with Crippen LogP contribution in [0.4, 0.5) is 0 Å². The standard InChI is InChI=1S/C26H26Cl3N3O4S/c1-16-21(15-37-25-30-11-2-12-31-25)35-23(36-22(16)19-7-5-18(14-33)6-8-19)20-9-3-17(4-10-20)13-32-24(34)26(27,28)29/h2-12,16,21-23,33H,13-15H2,1H3,(H,32,34)/t16-,21+,22+,23+/m0/s1. The molecule has 1 aliphatic heterocycles. The number of aromatic nitrogens is 2. The zero-order valence-electron chi connectivity index (χ0n) is 19.9. The van der Waals surface area contributed by atoms with Crippen molar-refractivity contribution in [3.63, 3.8) is 0 Å². The third kappa shape index (κ3) is 7.57. The van der Waals surface area contributed by atoms with Crippen LogP contribution >= 0.6 is 46.6 Å². The normalized spacial score (nSPS) is 22.0. The molecular weight excluding hydrogens is 557 g/mol. The highest BCUT2D eigenvalue weighted by Crippen LogP contribution is 2.42. The highest BCUT2D eigenvalue weighted by atomic mass is 35.6. The number of carbonyl (C=O) groups excluding carboxylic acids is 1. The molecule has 196 valence electrons. The number of hydrogen-bond donors (Lipinski definition) is 2. The van der Waals surface area contributed by atoms with E-state index in [1.54, 1.807) is 18.5 Å². The molecule has 1 aliphatic rings. The van der Waals surface area contributed by atoms with Gasteiger partial charge in [0.25, 0.3) is 9.70 Å². The Balaban J connectivity index is 1.51. The largest absolute Gasteiger partial charge is 0.392 e. The van der Waals surface area contributed by atoms with Gasteiger partial charge in [-0.2, -0.15) is 0 Å². The van der Waals surface area contributed by atoms with Gasteiger partial charge in [-0.15, -0.1) is 0 Å². The number of nitrogens with one attached hydrogen (secondary N) is 1. The summed E-state index contributed by atoms with van der Waals surface area (Å²) >= 11 is 18.4. The molecule has 1 amide bonds. The molecule has 11 heteroatoms. The molecule has 2 heterocycles. The second-order valence-corrected chi connectivity index (χ2v) is 11.9. The number of halogens is 3. The quantitative estimate of drug-likeness (QED) is 0.205. The van der Waals surface area contributed by atoms with E-state index in [4.69, 9.17) is 44.3 Å². The summed E-state index contributed by atoms with van der Waals surface area (Å²) in [5, 5.41) is 12.7. The topological polar surface area (TPSA) is 93.6 Å². The summed E-state index contributed by atoms with van der Waals surface area (Å²) in [6.07, 6.45) is 2.46. The molecule has 0 unspecified atom stereocenters. The molecule has 0 bridgehead atoms. The van der Waals surface area contributed by atoms with Crippen molar-refractivity contribution in [3.05, 3.63) is 89.2 Å². The number of nitrogens with zero attached hydrogens (tertiary/aromatic N) is 2. The molecule has 3 aromatic rings. The number of hydrogen-bond acceptors (Lipinski definition) is 7. The first-order valence-electron chi connectivity index (χ1n) is 11.6. The second kappa shape index (κ2) is 12.8. The highest BCUT2D eigenvalue weighted by molar-refractivity contribution is 7.99. The molecule has 0 spiro atoms. The maximum Gasteiger partial charge on any atom is 0.272 e. The molecule has 7 nitrogen and oxygen atoms in total. The van der Waals surface area contributed by atoms with Gasteiger partial charge >= 0.3 is 0 Å². The lowest BCUT2D eigenvalue weighted by atomic mass is 9.91. The molecular formula is C26H26Cl3N3O4S. The average Bonchev–Trinajstić information content (AvgIpc) is 2.91. The number of alkyl halides is 3. The summed E-state index contributed by atoms with van der Waals surface area (Å²) in [5.74, 6) is 0.00776. The second-order valence-electron chi connectivity index (χ2n) is 8.59. The Hall–Kier alpha value is -1.91. The fraction of sp³-hybridized carbons (Fsp3) is 0.346. The minimum Gasteiger partial charge on any atom is -0.392 e. The number of thioether (sulfide) groups is 1. The third-order valence-electron chi connectivity index (χ3n) is 6.00. The van der Waals surface area contributed by atoms with Gasteiger partial charge in [-0.1, -0.05) is 102 Å². The molecule has 0 saturated carbocycles. The highest BCUT2D eigenvalue weighted by Gasteiger charge is 2.38. The number of benzene rings is 2. The minimum atomic E-state index is -2.01. The van der Waals surface area contributed by atoms with Gasteiger partial charge in [0, 0.05) is 36.2 Å². The van der Waals surface area contributed by atoms with Crippen molar-refractivity contribution in [2.45, 2.75) is 47.5 Å². The van der Waals surface area contributed by atoms with E-state index in [-0.39, 0.29) is 31.3 Å². The van der Waals surface area contributed by atoms with Gasteiger partial charge in [-0.05, 0) is 22.8 Å². The van der Waals surface area contributed by atoms with E-state index in [0.717, 1.165) is 22.3 Å². The maximum atomic E-state index is 11.8. The SMILES string of the molecule is C[C@H]1[C@@H](CSc2ncccn2)O[C@@H](c2ccc(CNC(=O)C(Cl)(Cl)Cl)cc2)O[C@H]1c1ccc(CO)cc1. The van der Waals surface area contributed by atoms with Gasteiger partial charge in [0.1, 0.15) is 0 Å². The predicted octanol–water partition coefficient (Wildman–Crippen LogP) is 5.54. The van der Waals surface area contributed by atoms with Crippen LogP contribution in [0.15, 0.2) is 72.1 Å². The van der Waals surface area contributed by atoms with Crippen molar-refractivity contribution in [1.82, 2.24) is 15.3 Å². The number of carbonyl (C=O) groups is 1. The molecule has 4 atom stereocenters. The van der Waals surface area contributed by atoms with E-state index in [2.05, 4.69) is 22.2 Å². The Kier molecular flexibility index (Phi) is 9.69. The molecule has 37 heavy (non-hydrogen) atoms.